The van der Waals surface area contributed by atoms with Gasteiger partial charge in [-0.2, -0.15) is 0 Å². The summed E-state index contributed by atoms with van der Waals surface area (Å²) in [5.74, 6) is 1.08. The normalized spacial score (nSPS) is 11.5. The van der Waals surface area contributed by atoms with Gasteiger partial charge in [0.05, 0.1) is 8.80 Å². The molecule has 1 radical (unpaired) electrons. The third kappa shape index (κ3) is 2.98. The molecule has 26 heavy (non-hydrogen) atoms. The first-order chi connectivity index (χ1) is 12.7. The summed E-state index contributed by atoms with van der Waals surface area (Å²) in [4.78, 5) is 1.40. The van der Waals surface area contributed by atoms with Gasteiger partial charge in [-0.05, 0) is 38.9 Å². The van der Waals surface area contributed by atoms with Gasteiger partial charge >= 0.3 is 0 Å². The molecule has 0 N–H and O–H groups in total. The van der Waals surface area contributed by atoms with Gasteiger partial charge in [0.25, 0.3) is 0 Å². The largest absolute Gasteiger partial charge is 0.126 e. The van der Waals surface area contributed by atoms with E-state index in [1.54, 1.807) is 0 Å². The maximum Gasteiger partial charge on any atom is 0.0800 e. The molecular weight excluding hydrogens is 348 g/mol. The molecule has 2 heteroatoms. The molecule has 0 saturated heterocycles. The molecule has 0 fully saturated rings. The van der Waals surface area contributed by atoms with Crippen molar-refractivity contribution in [2.75, 3.05) is 5.75 Å². The van der Waals surface area contributed by atoms with Gasteiger partial charge in [-0.1, -0.05) is 91.9 Å². The Morgan fingerprint density at radius 3 is 1.88 bits per heavy atom. The molecule has 0 amide bonds. The lowest BCUT2D eigenvalue weighted by Gasteiger charge is -2.20. The van der Waals surface area contributed by atoms with Crippen molar-refractivity contribution in [2.45, 2.75) is 24.9 Å². The zero-order valence-electron chi connectivity index (χ0n) is 15.5. The summed E-state index contributed by atoms with van der Waals surface area (Å²) in [6.07, 6.45) is 0. The van der Waals surface area contributed by atoms with Crippen LogP contribution in [0, 0.1) is 0 Å². The number of rotatable bonds is 4. The number of thioether (sulfide) groups is 1. The lowest BCUT2D eigenvalue weighted by atomic mass is 9.93. The molecule has 0 aliphatic rings. The highest BCUT2D eigenvalue weighted by molar-refractivity contribution is 7.99. The Kier molecular flexibility index (Phi) is 4.88. The van der Waals surface area contributed by atoms with Crippen LogP contribution in [0.25, 0.3) is 32.7 Å². The number of hydrogen-bond donors (Lipinski definition) is 0. The molecule has 0 aliphatic heterocycles. The van der Waals surface area contributed by atoms with Crippen molar-refractivity contribution in [3.63, 3.8) is 0 Å². The van der Waals surface area contributed by atoms with Crippen molar-refractivity contribution in [3.05, 3.63) is 72.8 Å². The van der Waals surface area contributed by atoms with E-state index >= 15 is 0 Å². The molecule has 0 spiro atoms. The topological polar surface area (TPSA) is 0 Å². The molecule has 0 saturated carbocycles. The van der Waals surface area contributed by atoms with E-state index in [-0.39, 0.29) is 0 Å². The van der Waals surface area contributed by atoms with Gasteiger partial charge in [-0.25, -0.2) is 0 Å². The molecule has 4 aromatic rings. The van der Waals surface area contributed by atoms with Crippen LogP contribution >= 0.6 is 11.8 Å². The predicted octanol–water partition coefficient (Wildman–Crippen LogP) is 6.73. The van der Waals surface area contributed by atoms with E-state index in [0.717, 1.165) is 5.75 Å². The summed E-state index contributed by atoms with van der Waals surface area (Å²) in [6.45, 7) is 7.04. The van der Waals surface area contributed by atoms with Gasteiger partial charge in [-0.15, -0.1) is 11.8 Å². The van der Waals surface area contributed by atoms with Gasteiger partial charge in [0.15, 0.2) is 0 Å². The first-order valence-corrected chi connectivity index (χ1v) is 12.7. The van der Waals surface area contributed by atoms with E-state index in [2.05, 4.69) is 92.8 Å². The Bertz CT molecular complexity index is 1080. The number of benzene rings is 4. The molecule has 0 heterocycles. The molecule has 4 aromatic carbocycles. The predicted molar refractivity (Wildman–Crippen MR) is 120 cm³/mol. The summed E-state index contributed by atoms with van der Waals surface area (Å²) < 4.78 is 0. The average Bonchev–Trinajstić information content (AvgIpc) is 2.67. The molecular formula is C24H23SSi. The zero-order chi connectivity index (χ0) is 18.1. The van der Waals surface area contributed by atoms with Crippen LogP contribution in [0.5, 0.6) is 0 Å². The molecule has 0 bridgehead atoms. The minimum Gasteiger partial charge on any atom is -0.126 e. The second-order valence-corrected chi connectivity index (χ2v) is 10.6. The Labute approximate surface area is 161 Å². The van der Waals surface area contributed by atoms with Crippen LogP contribution in [0.3, 0.4) is 0 Å². The van der Waals surface area contributed by atoms with Crippen molar-refractivity contribution < 1.29 is 0 Å². The molecule has 0 atom stereocenters. The maximum atomic E-state index is 2.40. The van der Waals surface area contributed by atoms with E-state index in [0.29, 0.717) is 0 Å². The summed E-state index contributed by atoms with van der Waals surface area (Å²) in [6, 6.07) is 26.9. The Hall–Kier alpha value is -2.03. The first kappa shape index (κ1) is 17.4. The highest BCUT2D eigenvalue weighted by Gasteiger charge is 2.18. The highest BCUT2D eigenvalue weighted by atomic mass is 32.2. The van der Waals surface area contributed by atoms with Crippen LogP contribution in [0.1, 0.15) is 6.92 Å². The van der Waals surface area contributed by atoms with Crippen molar-refractivity contribution in [3.8, 4) is 11.1 Å². The van der Waals surface area contributed by atoms with Crippen molar-refractivity contribution in [1.82, 2.24) is 0 Å². The van der Waals surface area contributed by atoms with Crippen LogP contribution in [-0.4, -0.2) is 14.5 Å². The molecule has 0 nitrogen and oxygen atoms in total. The lowest BCUT2D eigenvalue weighted by Crippen LogP contribution is -2.25. The van der Waals surface area contributed by atoms with E-state index < -0.39 is 8.80 Å². The van der Waals surface area contributed by atoms with Gasteiger partial charge in [0.1, 0.15) is 0 Å². The van der Waals surface area contributed by atoms with Crippen LogP contribution in [-0.2, 0) is 0 Å². The summed E-state index contributed by atoms with van der Waals surface area (Å²) >= 11 is 1.95. The molecule has 4 rings (SSSR count). The van der Waals surface area contributed by atoms with E-state index in [9.17, 15) is 0 Å². The van der Waals surface area contributed by atoms with Gasteiger partial charge in [0, 0.05) is 10.5 Å². The van der Waals surface area contributed by atoms with Gasteiger partial charge in [0.2, 0.25) is 0 Å². The lowest BCUT2D eigenvalue weighted by molar-refractivity contribution is 1.45. The van der Waals surface area contributed by atoms with Crippen LogP contribution in [0.2, 0.25) is 13.1 Å². The first-order valence-electron chi connectivity index (χ1n) is 9.18. The Morgan fingerprint density at radius 1 is 0.692 bits per heavy atom. The van der Waals surface area contributed by atoms with Crippen LogP contribution in [0.15, 0.2) is 77.7 Å². The third-order valence-corrected chi connectivity index (χ3v) is 7.34. The van der Waals surface area contributed by atoms with E-state index in [1.807, 2.05) is 11.8 Å². The number of hydrogen-bond acceptors (Lipinski definition) is 1. The molecule has 0 aromatic heterocycles. The molecule has 129 valence electrons. The fourth-order valence-corrected chi connectivity index (χ4v) is 5.75. The molecule has 0 aliphatic carbocycles. The van der Waals surface area contributed by atoms with Crippen LogP contribution < -0.4 is 5.19 Å². The van der Waals surface area contributed by atoms with E-state index in [4.69, 9.17) is 0 Å². The van der Waals surface area contributed by atoms with Crippen molar-refractivity contribution >= 4 is 47.3 Å². The third-order valence-electron chi connectivity index (χ3n) is 4.91. The summed E-state index contributed by atoms with van der Waals surface area (Å²) in [5, 5.41) is 6.93. The smallest absolute Gasteiger partial charge is 0.0800 e. The monoisotopic (exact) mass is 371 g/mol. The van der Waals surface area contributed by atoms with Crippen LogP contribution in [0.4, 0.5) is 0 Å². The zero-order valence-corrected chi connectivity index (χ0v) is 17.4. The minimum atomic E-state index is -0.588. The fraction of sp³-hybridized carbons (Fsp3) is 0.167. The summed E-state index contributed by atoms with van der Waals surface area (Å²) in [7, 11) is -0.588. The van der Waals surface area contributed by atoms with Gasteiger partial charge in [-0.3, -0.25) is 0 Å². The Morgan fingerprint density at radius 2 is 1.27 bits per heavy atom. The number of fused-ring (bicyclic) bond motifs is 2. The Balaban J connectivity index is 2.19. The molecule has 0 unspecified atom stereocenters. The fourth-order valence-electron chi connectivity index (χ4n) is 3.74. The standard InChI is InChI=1S/C24H23SSi/c1-4-25-21-15-13-17-9-5-7-11-19(17)23(21)24-20-12-8-6-10-18(20)14-16-22(24)26(2)3/h5-16H,4H2,1-3H3. The van der Waals surface area contributed by atoms with E-state index in [1.165, 1.54) is 42.8 Å². The van der Waals surface area contributed by atoms with Crippen molar-refractivity contribution in [2.24, 2.45) is 0 Å². The second-order valence-electron chi connectivity index (χ2n) is 6.80. The quantitative estimate of drug-likeness (QED) is 0.283. The summed E-state index contributed by atoms with van der Waals surface area (Å²) in [5.41, 5.74) is 2.88. The highest BCUT2D eigenvalue weighted by Crippen LogP contribution is 2.40. The average molecular weight is 372 g/mol. The second kappa shape index (κ2) is 7.30. The maximum absolute atomic E-state index is 2.40. The van der Waals surface area contributed by atoms with Gasteiger partial charge < -0.3 is 0 Å². The minimum absolute atomic E-state index is 0.588. The van der Waals surface area contributed by atoms with Crippen molar-refractivity contribution in [1.29, 1.82) is 0 Å². The SMILES string of the molecule is CCSc1ccc2ccccc2c1-c1c([Si](C)C)ccc2ccccc12.